The predicted molar refractivity (Wildman–Crippen MR) is 75.6 cm³/mol. The molecule has 1 rings (SSSR count). The zero-order valence-corrected chi connectivity index (χ0v) is 13.8. The zero-order valence-electron chi connectivity index (χ0n) is 12.5. The number of hydrogen-bond acceptors (Lipinski definition) is 2. The van der Waals surface area contributed by atoms with Gasteiger partial charge in [0.15, 0.2) is 0 Å². The number of benzene rings is 1. The van der Waals surface area contributed by atoms with E-state index in [-0.39, 0.29) is 28.7 Å². The summed E-state index contributed by atoms with van der Waals surface area (Å²) in [4.78, 5) is 10.3. The van der Waals surface area contributed by atoms with Crippen molar-refractivity contribution >= 4 is 5.97 Å². The molecule has 0 aromatic heterocycles. The van der Waals surface area contributed by atoms with E-state index in [4.69, 9.17) is 10.2 Å². The van der Waals surface area contributed by atoms with Crippen LogP contribution in [0.5, 0.6) is 5.75 Å². The van der Waals surface area contributed by atoms with E-state index in [1.54, 1.807) is 12.1 Å². The Morgan fingerprint density at radius 3 is 1.47 bits per heavy atom. The van der Waals surface area contributed by atoms with E-state index in [1.165, 1.54) is 24.0 Å². The summed E-state index contributed by atoms with van der Waals surface area (Å²) < 4.78 is 0. The second-order valence-corrected chi connectivity index (χ2v) is 4.82. The molecule has 108 valence electrons. The second-order valence-electron chi connectivity index (χ2n) is 4.82. The Kier molecular flexibility index (Phi) is 16.4. The van der Waals surface area contributed by atoms with E-state index in [1.807, 2.05) is 0 Å². The van der Waals surface area contributed by atoms with Crippen LogP contribution in [0.4, 0.5) is 0 Å². The molecule has 0 spiro atoms. The fourth-order valence-corrected chi connectivity index (χ4v) is 0.654. The Morgan fingerprint density at radius 2 is 1.26 bits per heavy atom. The minimum Gasteiger partial charge on any atom is -0.507 e. The van der Waals surface area contributed by atoms with E-state index >= 15 is 0 Å². The molecule has 0 aliphatic heterocycles. The maximum absolute atomic E-state index is 10.3. The van der Waals surface area contributed by atoms with Gasteiger partial charge >= 0.3 is 23.3 Å². The van der Waals surface area contributed by atoms with Crippen LogP contribution in [0.25, 0.3) is 0 Å². The summed E-state index contributed by atoms with van der Waals surface area (Å²) >= 11 is 0. The van der Waals surface area contributed by atoms with Crippen molar-refractivity contribution in [2.24, 2.45) is 0 Å². The molecule has 1 aromatic carbocycles. The molecule has 0 heterocycles. The van der Waals surface area contributed by atoms with Crippen LogP contribution in [-0.2, 0) is 17.4 Å². The number of aromatic hydroxyl groups is 1. The second kappa shape index (κ2) is 13.5. The van der Waals surface area contributed by atoms with Crippen molar-refractivity contribution in [2.45, 2.75) is 41.5 Å². The monoisotopic (exact) mass is 304 g/mol. The van der Waals surface area contributed by atoms with Crippen molar-refractivity contribution in [3.05, 3.63) is 41.7 Å². The van der Waals surface area contributed by atoms with Crippen LogP contribution in [0.3, 0.4) is 0 Å². The summed E-state index contributed by atoms with van der Waals surface area (Å²) in [6.45, 7) is 12.5. The Bertz CT molecular complexity index is 324. The summed E-state index contributed by atoms with van der Waals surface area (Å²) in [5, 5.41) is 17.3. The number of carboxylic acid groups (broad SMARTS) is 1. The molecule has 4 heteroatoms. The maximum atomic E-state index is 10.3. The van der Waals surface area contributed by atoms with Gasteiger partial charge in [0.1, 0.15) is 11.3 Å². The molecular weight excluding hydrogens is 280 g/mol. The molecule has 0 unspecified atom stereocenters. The normalized spacial score (nSPS) is 8.63. The minimum atomic E-state index is -1.11. The first kappa shape index (κ1) is 23.1. The molecule has 0 amide bonds. The van der Waals surface area contributed by atoms with Gasteiger partial charge in [-0.15, -0.1) is 0 Å². The third-order valence-corrected chi connectivity index (χ3v) is 1.13. The van der Waals surface area contributed by atoms with E-state index in [9.17, 15) is 4.79 Å². The topological polar surface area (TPSA) is 57.5 Å². The molecule has 0 atom stereocenters. The van der Waals surface area contributed by atoms with Crippen molar-refractivity contribution in [1.82, 2.24) is 0 Å². The summed E-state index contributed by atoms with van der Waals surface area (Å²) in [6, 6.07) is 5.81. The number of para-hydroxylation sites is 1. The summed E-state index contributed by atoms with van der Waals surface area (Å²) in [6.07, 6.45) is 0. The van der Waals surface area contributed by atoms with Gasteiger partial charge in [0.05, 0.1) is 0 Å². The fourth-order valence-electron chi connectivity index (χ4n) is 0.654. The predicted octanol–water partition coefficient (Wildman–Crippen LogP) is 4.33. The Balaban J connectivity index is -0.000000242. The van der Waals surface area contributed by atoms with Crippen LogP contribution in [0.1, 0.15) is 51.9 Å². The molecule has 19 heavy (non-hydrogen) atoms. The van der Waals surface area contributed by atoms with Crippen molar-refractivity contribution in [3.63, 3.8) is 0 Å². The van der Waals surface area contributed by atoms with Gasteiger partial charge in [-0.1, -0.05) is 12.1 Å². The maximum Gasteiger partial charge on any atom is 2.00 e. The molecule has 0 radical (unpaired) electrons. The van der Waals surface area contributed by atoms with Gasteiger partial charge in [-0.25, -0.2) is 4.79 Å². The molecule has 0 bridgehead atoms. The van der Waals surface area contributed by atoms with E-state index in [0.717, 1.165) is 0 Å². The zero-order chi connectivity index (χ0) is 14.7. The molecule has 2 N–H and O–H groups in total. The first-order chi connectivity index (χ1) is 8.18. The summed E-state index contributed by atoms with van der Waals surface area (Å²) in [7, 11) is 0. The SMILES string of the molecule is C[C-](C)C.C[C-](C)C.O=C(O)c1ccccc1O.[Cr+2]. The van der Waals surface area contributed by atoms with Crippen LogP contribution in [0.15, 0.2) is 24.3 Å². The van der Waals surface area contributed by atoms with Gasteiger partial charge < -0.3 is 22.0 Å². The number of hydrogen-bond donors (Lipinski definition) is 2. The minimum absolute atomic E-state index is 0. The molecule has 0 aliphatic carbocycles. The van der Waals surface area contributed by atoms with E-state index < -0.39 is 5.97 Å². The number of rotatable bonds is 1. The van der Waals surface area contributed by atoms with Gasteiger partial charge in [-0.2, -0.15) is 41.5 Å². The van der Waals surface area contributed by atoms with Gasteiger partial charge in [0.25, 0.3) is 0 Å². The Hall–Kier alpha value is -0.978. The molecular formula is C15H24CrO3. The van der Waals surface area contributed by atoms with Crippen LogP contribution < -0.4 is 0 Å². The van der Waals surface area contributed by atoms with Crippen LogP contribution >= 0.6 is 0 Å². The quantitative estimate of drug-likeness (QED) is 0.759. The van der Waals surface area contributed by atoms with Gasteiger partial charge in [-0.05, 0) is 12.1 Å². The summed E-state index contributed by atoms with van der Waals surface area (Å²) in [5.41, 5.74) is -0.0671. The molecule has 0 saturated carbocycles. The molecule has 0 saturated heterocycles. The van der Waals surface area contributed by atoms with Crippen molar-refractivity contribution in [3.8, 4) is 5.75 Å². The van der Waals surface area contributed by atoms with Crippen molar-refractivity contribution in [2.75, 3.05) is 0 Å². The molecule has 0 aliphatic rings. The van der Waals surface area contributed by atoms with Crippen LogP contribution in [0.2, 0.25) is 0 Å². The van der Waals surface area contributed by atoms with E-state index in [0.29, 0.717) is 0 Å². The third-order valence-electron chi connectivity index (χ3n) is 1.13. The fraction of sp³-hybridized carbons (Fsp3) is 0.400. The Morgan fingerprint density at radius 1 is 0.947 bits per heavy atom. The average molecular weight is 304 g/mol. The van der Waals surface area contributed by atoms with Crippen LogP contribution in [0, 0.1) is 11.8 Å². The van der Waals surface area contributed by atoms with Gasteiger partial charge in [0.2, 0.25) is 0 Å². The number of aromatic carboxylic acids is 1. The van der Waals surface area contributed by atoms with Gasteiger partial charge in [0, 0.05) is 0 Å². The molecule has 3 nitrogen and oxygen atoms in total. The van der Waals surface area contributed by atoms with Crippen molar-refractivity contribution in [1.29, 1.82) is 0 Å². The first-order valence-electron chi connectivity index (χ1n) is 5.73. The Labute approximate surface area is 127 Å². The largest absolute Gasteiger partial charge is 2.00 e. The van der Waals surface area contributed by atoms with E-state index in [2.05, 4.69) is 41.5 Å². The average Bonchev–Trinajstić information content (AvgIpc) is 2.15. The number of carbonyl (C=O) groups is 1. The van der Waals surface area contributed by atoms with Crippen LogP contribution in [-0.4, -0.2) is 16.2 Å². The number of carboxylic acids is 1. The van der Waals surface area contributed by atoms with Gasteiger partial charge in [-0.3, -0.25) is 0 Å². The van der Waals surface area contributed by atoms with Crippen molar-refractivity contribution < 1.29 is 32.4 Å². The smallest absolute Gasteiger partial charge is 0.507 e. The third kappa shape index (κ3) is 19.5. The molecule has 0 fully saturated rings. The molecule has 1 aromatic rings. The standard InChI is InChI=1S/C7H6O3.2C4H9.Cr/c8-6-4-2-1-3-5(6)7(9)10;2*1-4(2)3;/h1-4,8H,(H,9,10);2*1-3H3;/q;2*-1;+2. The summed E-state index contributed by atoms with van der Waals surface area (Å²) in [5.74, 6) is 1.52. The first-order valence-corrected chi connectivity index (χ1v) is 5.73. The number of phenols is 1.